The summed E-state index contributed by atoms with van der Waals surface area (Å²) in [5.41, 5.74) is 8.62. The SMILES string of the molecule is Cc1ccc2c(c1)C(N)CC1(CCNC1)O2. The van der Waals surface area contributed by atoms with Gasteiger partial charge in [-0.2, -0.15) is 0 Å². The predicted molar refractivity (Wildman–Crippen MR) is 63.6 cm³/mol. The summed E-state index contributed by atoms with van der Waals surface area (Å²) in [6, 6.07) is 6.41. The third-order valence-corrected chi connectivity index (χ3v) is 3.69. The van der Waals surface area contributed by atoms with Crippen molar-refractivity contribution in [1.29, 1.82) is 0 Å². The normalized spacial score (nSPS) is 32.5. The van der Waals surface area contributed by atoms with E-state index in [4.69, 9.17) is 10.5 Å². The number of nitrogens with one attached hydrogen (secondary N) is 1. The van der Waals surface area contributed by atoms with Crippen LogP contribution in [0.2, 0.25) is 0 Å². The fourth-order valence-electron chi connectivity index (χ4n) is 2.82. The Kier molecular flexibility index (Phi) is 2.19. The van der Waals surface area contributed by atoms with Crippen LogP contribution in [0, 0.1) is 6.92 Å². The Morgan fingerprint density at radius 2 is 2.38 bits per heavy atom. The molecule has 16 heavy (non-hydrogen) atoms. The average molecular weight is 218 g/mol. The topological polar surface area (TPSA) is 47.3 Å². The number of aryl methyl sites for hydroxylation is 1. The molecule has 3 rings (SSSR count). The van der Waals surface area contributed by atoms with Gasteiger partial charge in [-0.25, -0.2) is 0 Å². The van der Waals surface area contributed by atoms with Crippen molar-refractivity contribution in [3.63, 3.8) is 0 Å². The second kappa shape index (κ2) is 3.47. The van der Waals surface area contributed by atoms with Crippen LogP contribution >= 0.6 is 0 Å². The van der Waals surface area contributed by atoms with E-state index in [-0.39, 0.29) is 11.6 Å². The molecule has 3 nitrogen and oxygen atoms in total. The van der Waals surface area contributed by atoms with Gasteiger partial charge in [0.2, 0.25) is 0 Å². The zero-order valence-electron chi connectivity index (χ0n) is 9.62. The van der Waals surface area contributed by atoms with Crippen LogP contribution in [0.5, 0.6) is 5.75 Å². The molecule has 1 spiro atoms. The van der Waals surface area contributed by atoms with E-state index in [2.05, 4.69) is 30.4 Å². The molecule has 86 valence electrons. The lowest BCUT2D eigenvalue weighted by Crippen LogP contribution is -2.44. The number of nitrogens with two attached hydrogens (primary N) is 1. The van der Waals surface area contributed by atoms with Crippen LogP contribution in [-0.2, 0) is 0 Å². The highest BCUT2D eigenvalue weighted by atomic mass is 16.5. The minimum Gasteiger partial charge on any atom is -0.485 e. The van der Waals surface area contributed by atoms with Crippen LogP contribution in [0.15, 0.2) is 18.2 Å². The van der Waals surface area contributed by atoms with E-state index in [1.54, 1.807) is 0 Å². The molecule has 0 aliphatic carbocycles. The smallest absolute Gasteiger partial charge is 0.125 e. The van der Waals surface area contributed by atoms with Gasteiger partial charge in [-0.1, -0.05) is 17.7 Å². The maximum atomic E-state index is 6.26. The van der Waals surface area contributed by atoms with E-state index < -0.39 is 0 Å². The summed E-state index contributed by atoms with van der Waals surface area (Å²) in [5.74, 6) is 0.980. The Balaban J connectivity index is 1.99. The molecule has 2 unspecified atom stereocenters. The van der Waals surface area contributed by atoms with Crippen LogP contribution in [0.1, 0.15) is 30.0 Å². The summed E-state index contributed by atoms with van der Waals surface area (Å²) in [7, 11) is 0. The predicted octanol–water partition coefficient (Wildman–Crippen LogP) is 1.51. The summed E-state index contributed by atoms with van der Waals surface area (Å²) in [6.45, 7) is 4.05. The molecule has 1 saturated heterocycles. The maximum Gasteiger partial charge on any atom is 0.125 e. The molecule has 2 aliphatic heterocycles. The number of rotatable bonds is 0. The van der Waals surface area contributed by atoms with Gasteiger partial charge in [0.1, 0.15) is 11.4 Å². The van der Waals surface area contributed by atoms with Crippen molar-refractivity contribution in [1.82, 2.24) is 5.32 Å². The third-order valence-electron chi connectivity index (χ3n) is 3.69. The summed E-state index contributed by atoms with van der Waals surface area (Å²) in [6.07, 6.45) is 1.99. The maximum absolute atomic E-state index is 6.26. The number of hydrogen-bond donors (Lipinski definition) is 2. The Morgan fingerprint density at radius 1 is 1.50 bits per heavy atom. The second-order valence-electron chi connectivity index (χ2n) is 5.06. The van der Waals surface area contributed by atoms with Crippen LogP contribution in [0.25, 0.3) is 0 Å². The molecule has 0 radical (unpaired) electrons. The summed E-state index contributed by atoms with van der Waals surface area (Å²) in [5, 5.41) is 3.36. The van der Waals surface area contributed by atoms with Gasteiger partial charge in [-0.3, -0.25) is 0 Å². The van der Waals surface area contributed by atoms with Gasteiger partial charge in [-0.15, -0.1) is 0 Å². The highest BCUT2D eigenvalue weighted by molar-refractivity contribution is 5.41. The van der Waals surface area contributed by atoms with Crippen LogP contribution in [0.4, 0.5) is 0 Å². The van der Waals surface area contributed by atoms with E-state index >= 15 is 0 Å². The number of fused-ring (bicyclic) bond motifs is 1. The lowest BCUT2D eigenvalue weighted by atomic mass is 9.86. The Hall–Kier alpha value is -1.06. The first-order valence-electron chi connectivity index (χ1n) is 5.94. The molecule has 2 heterocycles. The Labute approximate surface area is 96.0 Å². The zero-order chi connectivity index (χ0) is 11.2. The van der Waals surface area contributed by atoms with E-state index in [0.717, 1.165) is 37.2 Å². The lowest BCUT2D eigenvalue weighted by Gasteiger charge is -2.38. The van der Waals surface area contributed by atoms with Crippen molar-refractivity contribution in [2.75, 3.05) is 13.1 Å². The Bertz CT molecular complexity index is 410. The molecule has 1 aromatic rings. The summed E-state index contributed by atoms with van der Waals surface area (Å²) in [4.78, 5) is 0. The van der Waals surface area contributed by atoms with Gasteiger partial charge >= 0.3 is 0 Å². The van der Waals surface area contributed by atoms with E-state index in [9.17, 15) is 0 Å². The quantitative estimate of drug-likeness (QED) is 0.694. The van der Waals surface area contributed by atoms with Gasteiger partial charge in [0.25, 0.3) is 0 Å². The number of ether oxygens (including phenoxy) is 1. The lowest BCUT2D eigenvalue weighted by molar-refractivity contribution is 0.0553. The van der Waals surface area contributed by atoms with Gasteiger partial charge < -0.3 is 15.8 Å². The van der Waals surface area contributed by atoms with Gasteiger partial charge in [0.05, 0.1) is 0 Å². The molecule has 3 heteroatoms. The van der Waals surface area contributed by atoms with Crippen molar-refractivity contribution in [3.05, 3.63) is 29.3 Å². The van der Waals surface area contributed by atoms with Gasteiger partial charge in [0, 0.05) is 31.0 Å². The van der Waals surface area contributed by atoms with Crippen molar-refractivity contribution in [2.24, 2.45) is 5.73 Å². The van der Waals surface area contributed by atoms with Gasteiger partial charge in [0.15, 0.2) is 0 Å². The zero-order valence-corrected chi connectivity index (χ0v) is 9.62. The first kappa shape index (κ1) is 10.1. The molecule has 1 fully saturated rings. The van der Waals surface area contributed by atoms with Crippen LogP contribution in [0.3, 0.4) is 0 Å². The van der Waals surface area contributed by atoms with Crippen molar-refractivity contribution >= 4 is 0 Å². The summed E-state index contributed by atoms with van der Waals surface area (Å²) < 4.78 is 6.16. The molecule has 2 aliphatic rings. The van der Waals surface area contributed by atoms with Gasteiger partial charge in [-0.05, 0) is 19.5 Å². The van der Waals surface area contributed by atoms with E-state index in [1.807, 2.05) is 0 Å². The molecule has 0 saturated carbocycles. The first-order valence-corrected chi connectivity index (χ1v) is 5.94. The molecule has 2 atom stereocenters. The van der Waals surface area contributed by atoms with Crippen LogP contribution < -0.4 is 15.8 Å². The fourth-order valence-corrected chi connectivity index (χ4v) is 2.82. The van der Waals surface area contributed by atoms with E-state index in [1.165, 1.54) is 5.56 Å². The number of benzene rings is 1. The third kappa shape index (κ3) is 1.51. The molecular formula is C13H18N2O. The first-order chi connectivity index (χ1) is 7.69. The standard InChI is InChI=1S/C13H18N2O/c1-9-2-3-12-10(6-9)11(14)7-13(16-12)4-5-15-8-13/h2-3,6,11,15H,4-5,7-8,14H2,1H3. The summed E-state index contributed by atoms with van der Waals surface area (Å²) >= 11 is 0. The Morgan fingerprint density at radius 3 is 3.12 bits per heavy atom. The van der Waals surface area contributed by atoms with E-state index in [0.29, 0.717) is 0 Å². The molecule has 0 amide bonds. The molecule has 0 bridgehead atoms. The average Bonchev–Trinajstić information content (AvgIpc) is 2.68. The monoisotopic (exact) mass is 218 g/mol. The largest absolute Gasteiger partial charge is 0.485 e. The minimum atomic E-state index is -0.0539. The molecule has 3 N–H and O–H groups in total. The van der Waals surface area contributed by atoms with Crippen molar-refractivity contribution in [2.45, 2.75) is 31.4 Å². The molecule has 1 aromatic carbocycles. The highest BCUT2D eigenvalue weighted by Gasteiger charge is 2.42. The number of hydrogen-bond acceptors (Lipinski definition) is 3. The van der Waals surface area contributed by atoms with Crippen molar-refractivity contribution in [3.8, 4) is 5.75 Å². The highest BCUT2D eigenvalue weighted by Crippen LogP contribution is 2.41. The molecular weight excluding hydrogens is 200 g/mol. The fraction of sp³-hybridized carbons (Fsp3) is 0.538. The minimum absolute atomic E-state index is 0.0539. The van der Waals surface area contributed by atoms with Crippen LogP contribution in [-0.4, -0.2) is 18.7 Å². The second-order valence-corrected chi connectivity index (χ2v) is 5.06. The molecule has 0 aromatic heterocycles. The van der Waals surface area contributed by atoms with Crippen molar-refractivity contribution < 1.29 is 4.74 Å².